The third-order valence-corrected chi connectivity index (χ3v) is 13.9. The SMILES string of the molecule is CCCCCCCCCCCCCCCCCCCCC(O)C(CO)NC(=O)CCCCCCCCCCCCCCCCCCOC(=O)CCCCCCCCCCCCCCC. The monoisotopic (exact) mass is 906 g/mol. The average Bonchev–Trinajstić information content (AvgIpc) is 3.29. The van der Waals surface area contributed by atoms with Gasteiger partial charge in [0, 0.05) is 12.8 Å². The molecule has 0 spiro atoms. The van der Waals surface area contributed by atoms with Crippen molar-refractivity contribution in [2.75, 3.05) is 13.2 Å². The number of hydrogen-bond acceptors (Lipinski definition) is 5. The van der Waals surface area contributed by atoms with E-state index in [-0.39, 0.29) is 18.5 Å². The fourth-order valence-electron chi connectivity index (χ4n) is 9.41. The van der Waals surface area contributed by atoms with Crippen LogP contribution < -0.4 is 5.32 Å². The van der Waals surface area contributed by atoms with Crippen molar-refractivity contribution in [3.8, 4) is 0 Å². The standard InChI is InChI=1S/C58H115NO5/c1-3-5-7-9-11-13-15-17-18-19-20-23-27-30-34-38-42-46-50-56(61)55(54-60)59-57(62)51-47-43-39-35-31-28-24-21-22-25-29-33-37-41-45-49-53-64-58(63)52-48-44-40-36-32-26-16-14-12-10-8-6-4-2/h55-56,60-61H,3-54H2,1-2H3,(H,59,62). The summed E-state index contributed by atoms with van der Waals surface area (Å²) in [6.07, 6.45) is 62.3. The first-order valence-electron chi connectivity index (χ1n) is 29.3. The Labute approximate surface area is 400 Å². The zero-order chi connectivity index (χ0) is 46.5. The van der Waals surface area contributed by atoms with Gasteiger partial charge in [0.25, 0.3) is 0 Å². The summed E-state index contributed by atoms with van der Waals surface area (Å²) in [5.74, 6) is -0.0322. The Morgan fingerprint density at radius 1 is 0.375 bits per heavy atom. The van der Waals surface area contributed by atoms with E-state index in [2.05, 4.69) is 19.2 Å². The first-order chi connectivity index (χ1) is 31.5. The second kappa shape index (κ2) is 54.5. The van der Waals surface area contributed by atoms with Gasteiger partial charge in [0.05, 0.1) is 25.4 Å². The maximum absolute atomic E-state index is 12.5. The molecule has 0 aliphatic rings. The first-order valence-corrected chi connectivity index (χ1v) is 29.3. The van der Waals surface area contributed by atoms with E-state index >= 15 is 0 Å². The quantitative estimate of drug-likeness (QED) is 0.0417. The normalized spacial score (nSPS) is 12.5. The lowest BCUT2D eigenvalue weighted by Crippen LogP contribution is -2.45. The van der Waals surface area contributed by atoms with E-state index < -0.39 is 12.1 Å². The highest BCUT2D eigenvalue weighted by molar-refractivity contribution is 5.76. The minimum Gasteiger partial charge on any atom is -0.466 e. The molecular weight excluding hydrogens is 791 g/mol. The van der Waals surface area contributed by atoms with Gasteiger partial charge in [0.15, 0.2) is 0 Å². The average molecular weight is 907 g/mol. The van der Waals surface area contributed by atoms with Gasteiger partial charge in [-0.2, -0.15) is 0 Å². The molecule has 6 heteroatoms. The van der Waals surface area contributed by atoms with E-state index in [0.29, 0.717) is 25.9 Å². The Kier molecular flexibility index (Phi) is 53.5. The Bertz CT molecular complexity index is 913. The minimum atomic E-state index is -0.668. The van der Waals surface area contributed by atoms with Crippen LogP contribution in [0.25, 0.3) is 0 Å². The number of hydrogen-bond donors (Lipinski definition) is 3. The molecule has 3 N–H and O–H groups in total. The lowest BCUT2D eigenvalue weighted by atomic mass is 10.0. The molecule has 0 rings (SSSR count). The van der Waals surface area contributed by atoms with Gasteiger partial charge < -0.3 is 20.3 Å². The molecule has 0 saturated heterocycles. The van der Waals surface area contributed by atoms with Crippen LogP contribution in [0.2, 0.25) is 0 Å². The molecule has 0 aliphatic carbocycles. The van der Waals surface area contributed by atoms with Crippen molar-refractivity contribution in [1.29, 1.82) is 0 Å². The second-order valence-corrected chi connectivity index (χ2v) is 20.3. The van der Waals surface area contributed by atoms with Crippen LogP contribution >= 0.6 is 0 Å². The van der Waals surface area contributed by atoms with E-state index in [4.69, 9.17) is 4.74 Å². The maximum Gasteiger partial charge on any atom is 0.305 e. The first kappa shape index (κ1) is 62.9. The highest BCUT2D eigenvalue weighted by Gasteiger charge is 2.20. The van der Waals surface area contributed by atoms with Crippen LogP contribution in [0.15, 0.2) is 0 Å². The molecule has 1 amide bonds. The molecule has 382 valence electrons. The number of amides is 1. The molecule has 64 heavy (non-hydrogen) atoms. The number of nitrogens with one attached hydrogen (secondary N) is 1. The largest absolute Gasteiger partial charge is 0.466 e. The predicted molar refractivity (Wildman–Crippen MR) is 278 cm³/mol. The van der Waals surface area contributed by atoms with E-state index in [1.165, 1.54) is 257 Å². The Hall–Kier alpha value is -1.14. The summed E-state index contributed by atoms with van der Waals surface area (Å²) in [5.41, 5.74) is 0. The van der Waals surface area contributed by atoms with Crippen molar-refractivity contribution in [2.45, 2.75) is 347 Å². The molecule has 0 radical (unpaired) electrons. The highest BCUT2D eigenvalue weighted by Crippen LogP contribution is 2.18. The maximum atomic E-state index is 12.5. The fraction of sp³-hybridized carbons (Fsp3) is 0.966. The lowest BCUT2D eigenvalue weighted by Gasteiger charge is -2.22. The molecule has 0 fully saturated rings. The second-order valence-electron chi connectivity index (χ2n) is 20.3. The number of carbonyl (C=O) groups excluding carboxylic acids is 2. The number of carbonyl (C=O) groups is 2. The van der Waals surface area contributed by atoms with E-state index in [1.807, 2.05) is 0 Å². The summed E-state index contributed by atoms with van der Waals surface area (Å²) in [5, 5.41) is 23.3. The van der Waals surface area contributed by atoms with E-state index in [9.17, 15) is 19.8 Å². The number of unbranched alkanes of at least 4 members (excludes halogenated alkanes) is 44. The number of esters is 1. The summed E-state index contributed by atoms with van der Waals surface area (Å²) in [7, 11) is 0. The van der Waals surface area contributed by atoms with Crippen molar-refractivity contribution < 1.29 is 24.5 Å². The molecule has 0 aromatic heterocycles. The Balaban J connectivity index is 3.41. The van der Waals surface area contributed by atoms with E-state index in [0.717, 1.165) is 44.9 Å². The number of aliphatic hydroxyl groups is 2. The molecule has 0 bridgehead atoms. The minimum absolute atomic E-state index is 0.00582. The molecule has 2 atom stereocenters. The topological polar surface area (TPSA) is 95.9 Å². The van der Waals surface area contributed by atoms with Crippen molar-refractivity contribution in [3.05, 3.63) is 0 Å². The van der Waals surface area contributed by atoms with Gasteiger partial charge >= 0.3 is 5.97 Å². The van der Waals surface area contributed by atoms with Crippen molar-refractivity contribution >= 4 is 11.9 Å². The Morgan fingerprint density at radius 2 is 0.641 bits per heavy atom. The number of aliphatic hydroxyl groups excluding tert-OH is 2. The van der Waals surface area contributed by atoms with Crippen molar-refractivity contribution in [1.82, 2.24) is 5.32 Å². The van der Waals surface area contributed by atoms with Crippen LogP contribution in [-0.2, 0) is 14.3 Å². The molecule has 0 saturated carbocycles. The van der Waals surface area contributed by atoms with Crippen LogP contribution in [0, 0.1) is 0 Å². The summed E-state index contributed by atoms with van der Waals surface area (Å²) in [4.78, 5) is 24.5. The molecular formula is C58H115NO5. The van der Waals surface area contributed by atoms with Crippen LogP contribution in [0.3, 0.4) is 0 Å². The summed E-state index contributed by atoms with van der Waals surface area (Å²) in [6, 6.07) is -0.545. The summed E-state index contributed by atoms with van der Waals surface area (Å²) < 4.78 is 5.47. The summed E-state index contributed by atoms with van der Waals surface area (Å²) in [6.45, 7) is 4.97. The smallest absolute Gasteiger partial charge is 0.305 e. The number of ether oxygens (including phenoxy) is 1. The van der Waals surface area contributed by atoms with Gasteiger partial charge in [0.2, 0.25) is 5.91 Å². The third kappa shape index (κ3) is 50.3. The van der Waals surface area contributed by atoms with Crippen molar-refractivity contribution in [3.63, 3.8) is 0 Å². The highest BCUT2D eigenvalue weighted by atomic mass is 16.5. The van der Waals surface area contributed by atoms with Gasteiger partial charge in [-0.25, -0.2) is 0 Å². The third-order valence-electron chi connectivity index (χ3n) is 13.9. The molecule has 0 aliphatic heterocycles. The molecule has 0 aromatic rings. The van der Waals surface area contributed by atoms with Crippen LogP contribution in [0.1, 0.15) is 335 Å². The summed E-state index contributed by atoms with van der Waals surface area (Å²) >= 11 is 0. The molecule has 0 aromatic carbocycles. The van der Waals surface area contributed by atoms with E-state index in [1.54, 1.807) is 0 Å². The van der Waals surface area contributed by atoms with Gasteiger partial charge in [0.1, 0.15) is 0 Å². The van der Waals surface area contributed by atoms with Gasteiger partial charge in [-0.1, -0.05) is 296 Å². The van der Waals surface area contributed by atoms with Crippen LogP contribution in [0.4, 0.5) is 0 Å². The zero-order valence-electron chi connectivity index (χ0n) is 43.5. The fourth-order valence-corrected chi connectivity index (χ4v) is 9.41. The van der Waals surface area contributed by atoms with Crippen LogP contribution in [0.5, 0.6) is 0 Å². The lowest BCUT2D eigenvalue weighted by molar-refractivity contribution is -0.143. The Morgan fingerprint density at radius 3 is 0.953 bits per heavy atom. The molecule has 2 unspecified atom stereocenters. The van der Waals surface area contributed by atoms with Gasteiger partial charge in [-0.3, -0.25) is 9.59 Å². The van der Waals surface area contributed by atoms with Gasteiger partial charge in [-0.15, -0.1) is 0 Å². The number of rotatable bonds is 55. The van der Waals surface area contributed by atoms with Gasteiger partial charge in [-0.05, 0) is 25.7 Å². The molecule has 6 nitrogen and oxygen atoms in total. The van der Waals surface area contributed by atoms with Crippen molar-refractivity contribution in [2.24, 2.45) is 0 Å². The molecule has 0 heterocycles. The van der Waals surface area contributed by atoms with Crippen LogP contribution in [-0.4, -0.2) is 47.4 Å². The zero-order valence-corrected chi connectivity index (χ0v) is 43.5. The predicted octanol–water partition coefficient (Wildman–Crippen LogP) is 17.9.